The molecule has 1 amide bonds. The molecular formula is C13H28N2OS. The van der Waals surface area contributed by atoms with Crippen molar-refractivity contribution in [3.63, 3.8) is 0 Å². The lowest BCUT2D eigenvalue weighted by atomic mass is 10.2. The molecule has 0 spiro atoms. The molecule has 0 aliphatic rings. The van der Waals surface area contributed by atoms with Gasteiger partial charge in [-0.1, -0.05) is 13.8 Å². The minimum Gasteiger partial charge on any atom is -0.352 e. The summed E-state index contributed by atoms with van der Waals surface area (Å²) in [6, 6.07) is 0.551. The number of carbonyl (C=O) groups excluding carboxylic acids is 1. The van der Waals surface area contributed by atoms with Gasteiger partial charge < -0.3 is 10.6 Å². The predicted molar refractivity (Wildman–Crippen MR) is 77.6 cm³/mol. The molecule has 0 saturated heterocycles. The predicted octanol–water partition coefficient (Wildman–Crippen LogP) is 2.41. The SMILES string of the molecule is CCSCCC(C)NC(C)C(=O)NC(C)CC. The minimum absolute atomic E-state index is 0.106. The van der Waals surface area contributed by atoms with Crippen molar-refractivity contribution in [3.8, 4) is 0 Å². The van der Waals surface area contributed by atoms with Crippen LogP contribution >= 0.6 is 11.8 Å². The van der Waals surface area contributed by atoms with Crippen LogP contribution in [-0.4, -0.2) is 35.5 Å². The molecule has 0 fully saturated rings. The van der Waals surface area contributed by atoms with Gasteiger partial charge in [0.25, 0.3) is 0 Å². The highest BCUT2D eigenvalue weighted by Gasteiger charge is 2.16. The second kappa shape index (κ2) is 9.77. The van der Waals surface area contributed by atoms with Crippen molar-refractivity contribution < 1.29 is 4.79 Å². The Morgan fingerprint density at radius 1 is 1.18 bits per heavy atom. The standard InChI is InChI=1S/C13H28N2OS/c1-6-10(3)15-13(16)12(5)14-11(4)8-9-17-7-2/h10-12,14H,6-9H2,1-5H3,(H,15,16). The van der Waals surface area contributed by atoms with Crippen molar-refractivity contribution in [2.45, 2.75) is 65.6 Å². The van der Waals surface area contributed by atoms with Crippen molar-refractivity contribution in [2.24, 2.45) is 0 Å². The summed E-state index contributed by atoms with van der Waals surface area (Å²) < 4.78 is 0. The Hall–Kier alpha value is -0.220. The van der Waals surface area contributed by atoms with Gasteiger partial charge in [-0.25, -0.2) is 0 Å². The zero-order valence-corrected chi connectivity index (χ0v) is 12.7. The van der Waals surface area contributed by atoms with E-state index in [1.54, 1.807) is 0 Å². The van der Waals surface area contributed by atoms with Crippen molar-refractivity contribution in [1.29, 1.82) is 0 Å². The molecule has 0 saturated carbocycles. The van der Waals surface area contributed by atoms with Gasteiger partial charge in [-0.3, -0.25) is 4.79 Å². The number of amides is 1. The van der Waals surface area contributed by atoms with Gasteiger partial charge in [0.1, 0.15) is 0 Å². The molecule has 0 aliphatic heterocycles. The van der Waals surface area contributed by atoms with E-state index in [9.17, 15) is 4.79 Å². The second-order valence-electron chi connectivity index (χ2n) is 4.59. The van der Waals surface area contributed by atoms with E-state index < -0.39 is 0 Å². The molecule has 0 aromatic rings. The molecule has 0 aromatic heterocycles. The van der Waals surface area contributed by atoms with Gasteiger partial charge in [-0.05, 0) is 45.1 Å². The van der Waals surface area contributed by atoms with Gasteiger partial charge in [-0.2, -0.15) is 11.8 Å². The largest absolute Gasteiger partial charge is 0.352 e. The van der Waals surface area contributed by atoms with E-state index in [0.29, 0.717) is 6.04 Å². The molecule has 4 heteroatoms. The van der Waals surface area contributed by atoms with Crippen LogP contribution in [0.15, 0.2) is 0 Å². The summed E-state index contributed by atoms with van der Waals surface area (Å²) in [4.78, 5) is 11.8. The number of hydrogen-bond donors (Lipinski definition) is 2. The van der Waals surface area contributed by atoms with Gasteiger partial charge in [0.2, 0.25) is 5.91 Å². The Labute approximate surface area is 111 Å². The molecule has 0 aromatic carbocycles. The molecule has 0 heterocycles. The molecule has 2 N–H and O–H groups in total. The van der Waals surface area contributed by atoms with Crippen LogP contribution in [0.4, 0.5) is 0 Å². The third kappa shape index (κ3) is 8.50. The minimum atomic E-state index is -0.106. The molecule has 0 aliphatic carbocycles. The second-order valence-corrected chi connectivity index (χ2v) is 5.99. The average molecular weight is 260 g/mol. The Morgan fingerprint density at radius 2 is 1.82 bits per heavy atom. The number of thioether (sulfide) groups is 1. The fourth-order valence-corrected chi connectivity index (χ4v) is 2.27. The highest BCUT2D eigenvalue weighted by molar-refractivity contribution is 7.99. The Morgan fingerprint density at radius 3 is 2.35 bits per heavy atom. The molecule has 3 unspecified atom stereocenters. The summed E-state index contributed by atoms with van der Waals surface area (Å²) in [6.45, 7) is 10.4. The summed E-state index contributed by atoms with van der Waals surface area (Å²) in [5.41, 5.74) is 0. The first-order valence-corrected chi connectivity index (χ1v) is 7.80. The van der Waals surface area contributed by atoms with E-state index in [-0.39, 0.29) is 18.0 Å². The monoisotopic (exact) mass is 260 g/mol. The maximum atomic E-state index is 11.8. The summed E-state index contributed by atoms with van der Waals surface area (Å²) in [5, 5.41) is 6.34. The van der Waals surface area contributed by atoms with E-state index in [1.165, 1.54) is 0 Å². The third-order valence-electron chi connectivity index (χ3n) is 2.83. The molecule has 3 nitrogen and oxygen atoms in total. The van der Waals surface area contributed by atoms with Crippen LogP contribution in [0.1, 0.15) is 47.5 Å². The van der Waals surface area contributed by atoms with Crippen LogP contribution in [0, 0.1) is 0 Å². The lowest BCUT2D eigenvalue weighted by Gasteiger charge is -2.21. The van der Waals surface area contributed by atoms with Crippen LogP contribution in [0.3, 0.4) is 0 Å². The highest BCUT2D eigenvalue weighted by Crippen LogP contribution is 2.04. The van der Waals surface area contributed by atoms with Gasteiger partial charge in [0.05, 0.1) is 6.04 Å². The summed E-state index contributed by atoms with van der Waals surface area (Å²) >= 11 is 1.95. The molecular weight excluding hydrogens is 232 g/mol. The molecule has 102 valence electrons. The van der Waals surface area contributed by atoms with Crippen LogP contribution < -0.4 is 10.6 Å². The number of nitrogens with one attached hydrogen (secondary N) is 2. The number of carbonyl (C=O) groups is 1. The quantitative estimate of drug-likeness (QED) is 0.626. The van der Waals surface area contributed by atoms with E-state index in [2.05, 4.69) is 31.4 Å². The van der Waals surface area contributed by atoms with Crippen molar-refractivity contribution in [1.82, 2.24) is 10.6 Å². The maximum absolute atomic E-state index is 11.8. The molecule has 3 atom stereocenters. The number of hydrogen-bond acceptors (Lipinski definition) is 3. The maximum Gasteiger partial charge on any atom is 0.237 e. The highest BCUT2D eigenvalue weighted by atomic mass is 32.2. The normalized spacial score (nSPS) is 16.3. The zero-order chi connectivity index (χ0) is 13.3. The van der Waals surface area contributed by atoms with Crippen molar-refractivity contribution >= 4 is 17.7 Å². The van der Waals surface area contributed by atoms with Gasteiger partial charge in [-0.15, -0.1) is 0 Å². The first kappa shape index (κ1) is 16.8. The first-order valence-electron chi connectivity index (χ1n) is 6.65. The molecule has 0 rings (SSSR count). The van der Waals surface area contributed by atoms with Crippen molar-refractivity contribution in [3.05, 3.63) is 0 Å². The van der Waals surface area contributed by atoms with Crippen LogP contribution in [0.25, 0.3) is 0 Å². The van der Waals surface area contributed by atoms with Crippen LogP contribution in [-0.2, 0) is 4.79 Å². The van der Waals surface area contributed by atoms with E-state index >= 15 is 0 Å². The average Bonchev–Trinajstić information content (AvgIpc) is 2.28. The van der Waals surface area contributed by atoms with E-state index in [4.69, 9.17) is 0 Å². The zero-order valence-electron chi connectivity index (χ0n) is 11.9. The summed E-state index contributed by atoms with van der Waals surface area (Å²) in [6.07, 6.45) is 2.08. The van der Waals surface area contributed by atoms with Gasteiger partial charge >= 0.3 is 0 Å². The Kier molecular flexibility index (Phi) is 9.65. The number of rotatable bonds is 9. The fraction of sp³-hybridized carbons (Fsp3) is 0.923. The molecule has 0 bridgehead atoms. The van der Waals surface area contributed by atoms with Crippen LogP contribution in [0.5, 0.6) is 0 Å². The fourth-order valence-electron chi connectivity index (χ4n) is 1.46. The summed E-state index contributed by atoms with van der Waals surface area (Å²) in [5.74, 6) is 2.43. The van der Waals surface area contributed by atoms with Gasteiger partial charge in [0, 0.05) is 12.1 Å². The third-order valence-corrected chi connectivity index (χ3v) is 3.76. The van der Waals surface area contributed by atoms with Crippen molar-refractivity contribution in [2.75, 3.05) is 11.5 Å². The van der Waals surface area contributed by atoms with Gasteiger partial charge in [0.15, 0.2) is 0 Å². The molecule has 17 heavy (non-hydrogen) atoms. The lowest BCUT2D eigenvalue weighted by molar-refractivity contribution is -0.123. The topological polar surface area (TPSA) is 41.1 Å². The smallest absolute Gasteiger partial charge is 0.237 e. The Bertz CT molecular complexity index is 212. The first-order chi connectivity index (χ1) is 8.01. The van der Waals surface area contributed by atoms with E-state index in [1.807, 2.05) is 25.6 Å². The Balaban J connectivity index is 3.82. The summed E-state index contributed by atoms with van der Waals surface area (Å²) in [7, 11) is 0. The van der Waals surface area contributed by atoms with E-state index in [0.717, 1.165) is 24.3 Å². The lowest BCUT2D eigenvalue weighted by Crippen LogP contribution is -2.48. The van der Waals surface area contributed by atoms with Crippen LogP contribution in [0.2, 0.25) is 0 Å². The molecule has 0 radical (unpaired) electrons.